The van der Waals surface area contributed by atoms with E-state index in [0.29, 0.717) is 6.21 Å². The van der Waals surface area contributed by atoms with Crippen LogP contribution in [-0.4, -0.2) is 67.7 Å². The molecule has 0 aromatic carbocycles. The Labute approximate surface area is 201 Å². The maximum atomic E-state index is 12.9. The van der Waals surface area contributed by atoms with Crippen LogP contribution in [0.4, 0.5) is 0 Å². The Bertz CT molecular complexity index is 936. The molecule has 0 saturated carbocycles. The first-order valence-corrected chi connectivity index (χ1v) is 14.1. The van der Waals surface area contributed by atoms with E-state index in [1.54, 1.807) is 34.6 Å². The van der Waals surface area contributed by atoms with Crippen molar-refractivity contribution in [3.05, 3.63) is 16.9 Å². The van der Waals surface area contributed by atoms with Crippen LogP contribution < -0.4 is 0 Å². The second kappa shape index (κ2) is 9.47. The molecule has 0 aliphatic carbocycles. The molecule has 0 amide bonds. The number of ether oxygens (including phenoxy) is 4. The van der Waals surface area contributed by atoms with E-state index < -0.39 is 61.3 Å². The molecule has 11 heteroatoms. The van der Waals surface area contributed by atoms with Gasteiger partial charge >= 0.3 is 18.2 Å². The van der Waals surface area contributed by atoms with E-state index in [0.717, 1.165) is 0 Å². The normalized spacial score (nSPS) is 23.9. The van der Waals surface area contributed by atoms with Gasteiger partial charge in [0.15, 0.2) is 20.2 Å². The molecule has 1 fully saturated rings. The Balaban J connectivity index is 2.62. The fraction of sp³-hybridized carbons (Fsp3) is 0.739. The van der Waals surface area contributed by atoms with Crippen molar-refractivity contribution in [1.29, 1.82) is 0 Å². The summed E-state index contributed by atoms with van der Waals surface area (Å²) in [6.45, 7) is 18.6. The highest BCUT2D eigenvalue weighted by Crippen LogP contribution is 2.42. The predicted molar refractivity (Wildman–Crippen MR) is 124 cm³/mol. The summed E-state index contributed by atoms with van der Waals surface area (Å²) in [6.07, 6.45) is -2.27. The Morgan fingerprint density at radius 3 is 2.24 bits per heavy atom. The van der Waals surface area contributed by atoms with Crippen molar-refractivity contribution in [2.45, 2.75) is 97.6 Å². The van der Waals surface area contributed by atoms with Gasteiger partial charge in [-0.25, -0.2) is 4.79 Å². The number of esters is 2. The third-order valence-electron chi connectivity index (χ3n) is 6.13. The number of ketones is 1. The van der Waals surface area contributed by atoms with Gasteiger partial charge < -0.3 is 28.9 Å². The van der Waals surface area contributed by atoms with Gasteiger partial charge in [0.2, 0.25) is 5.76 Å². The lowest BCUT2D eigenvalue weighted by atomic mass is 9.96. The molecule has 2 aliphatic rings. The molecular weight excluding hydrogens is 460 g/mol. The lowest BCUT2D eigenvalue weighted by Gasteiger charge is -2.41. The fourth-order valence-electron chi connectivity index (χ4n) is 3.14. The van der Waals surface area contributed by atoms with Crippen molar-refractivity contribution in [3.8, 4) is 0 Å². The van der Waals surface area contributed by atoms with Gasteiger partial charge in [0, 0.05) is 0 Å². The quantitative estimate of drug-likeness (QED) is 0.172. The van der Waals surface area contributed by atoms with Crippen LogP contribution in [0.1, 0.15) is 55.4 Å². The number of rotatable bonds is 7. The minimum absolute atomic E-state index is 0.132. The summed E-state index contributed by atoms with van der Waals surface area (Å²) in [7, 11) is -2.49. The maximum absolute atomic E-state index is 12.9. The van der Waals surface area contributed by atoms with Gasteiger partial charge in [-0.1, -0.05) is 20.8 Å². The van der Waals surface area contributed by atoms with Gasteiger partial charge in [-0.05, 0) is 52.8 Å². The van der Waals surface area contributed by atoms with Gasteiger partial charge in [-0.2, -0.15) is 4.79 Å². The molecule has 0 aromatic heterocycles. The third-order valence-corrected chi connectivity index (χ3v) is 10.6. The minimum atomic E-state index is -2.49. The van der Waals surface area contributed by atoms with Gasteiger partial charge in [0.05, 0.1) is 12.0 Å². The first kappa shape index (κ1) is 28.1. The first-order chi connectivity index (χ1) is 15.3. The van der Waals surface area contributed by atoms with Gasteiger partial charge in [-0.3, -0.25) is 9.59 Å². The van der Waals surface area contributed by atoms with Crippen LogP contribution in [0.15, 0.2) is 11.3 Å². The van der Waals surface area contributed by atoms with E-state index in [2.05, 4.69) is 4.79 Å². The van der Waals surface area contributed by atoms with Crippen molar-refractivity contribution in [2.24, 2.45) is 5.41 Å². The minimum Gasteiger partial charge on any atom is -0.448 e. The highest BCUT2D eigenvalue weighted by Gasteiger charge is 2.54. The smallest absolute Gasteiger partial charge is 0.375 e. The summed E-state index contributed by atoms with van der Waals surface area (Å²) in [4.78, 5) is 41.1. The van der Waals surface area contributed by atoms with E-state index >= 15 is 0 Å². The summed E-state index contributed by atoms with van der Waals surface area (Å²) < 4.78 is 29.3. The largest absolute Gasteiger partial charge is 0.448 e. The van der Waals surface area contributed by atoms with Crippen LogP contribution >= 0.6 is 0 Å². The highest BCUT2D eigenvalue weighted by atomic mass is 28.4. The summed E-state index contributed by atoms with van der Waals surface area (Å²) >= 11 is 0. The lowest BCUT2D eigenvalue weighted by Crippen LogP contribution is -2.53. The number of cyclic esters (lactones) is 1. The molecule has 34 heavy (non-hydrogen) atoms. The van der Waals surface area contributed by atoms with Crippen molar-refractivity contribution >= 4 is 32.3 Å². The third kappa shape index (κ3) is 6.08. The molecule has 2 aliphatic heterocycles. The zero-order chi connectivity index (χ0) is 26.3. The van der Waals surface area contributed by atoms with Crippen molar-refractivity contribution in [1.82, 2.24) is 0 Å². The van der Waals surface area contributed by atoms with Crippen molar-refractivity contribution in [2.75, 3.05) is 6.61 Å². The van der Waals surface area contributed by atoms with Crippen LogP contribution in [0.25, 0.3) is 5.53 Å². The molecule has 1 saturated heterocycles. The van der Waals surface area contributed by atoms with Gasteiger partial charge in [0.1, 0.15) is 17.8 Å². The number of Topliss-reactive ketones (excluding diaryl/α,β-unsaturated/α-hetero) is 1. The molecule has 190 valence electrons. The number of hydrogen-bond donors (Lipinski definition) is 0. The maximum Gasteiger partial charge on any atom is 0.375 e. The second-order valence-electron chi connectivity index (χ2n) is 11.5. The first-order valence-electron chi connectivity index (χ1n) is 11.2. The SMILES string of the molecule is CC1(C)OC[C@@H]([C@@H](O[Si](C)(C)C(C)(C)C)[C@H]2OC(=O)C(OC(=O)C(C)(C)C)=C2C(=O)C=[N+]=[N-])O1. The van der Waals surface area contributed by atoms with Crippen LogP contribution in [0, 0.1) is 5.41 Å². The number of nitrogens with zero attached hydrogens (tertiary/aromatic N) is 2. The topological polar surface area (TPSA) is 134 Å². The molecule has 0 aromatic rings. The molecule has 2 rings (SSSR count). The monoisotopic (exact) mass is 496 g/mol. The molecular formula is C23H36N2O8Si. The Kier molecular flexibility index (Phi) is 7.81. The number of hydrogen-bond acceptors (Lipinski definition) is 8. The average molecular weight is 497 g/mol. The van der Waals surface area contributed by atoms with Gasteiger partial charge in [0.25, 0.3) is 5.78 Å². The Morgan fingerprint density at radius 2 is 1.79 bits per heavy atom. The van der Waals surface area contributed by atoms with E-state index in [9.17, 15) is 14.4 Å². The molecule has 10 nitrogen and oxygen atoms in total. The molecule has 0 unspecified atom stereocenters. The average Bonchev–Trinajstić information content (AvgIpc) is 3.17. The summed E-state index contributed by atoms with van der Waals surface area (Å²) in [5.41, 5.74) is 7.77. The zero-order valence-electron chi connectivity index (χ0n) is 21.7. The lowest BCUT2D eigenvalue weighted by molar-refractivity contribution is -0.166. The van der Waals surface area contributed by atoms with Crippen LogP contribution in [-0.2, 0) is 37.8 Å². The summed E-state index contributed by atoms with van der Waals surface area (Å²) in [6, 6.07) is 0. The van der Waals surface area contributed by atoms with E-state index in [1.807, 2.05) is 33.9 Å². The Hall–Kier alpha value is -2.17. The van der Waals surface area contributed by atoms with Gasteiger partial charge in [-0.15, -0.1) is 0 Å². The summed E-state index contributed by atoms with van der Waals surface area (Å²) in [5, 5.41) is -0.217. The van der Waals surface area contributed by atoms with E-state index in [4.69, 9.17) is 28.9 Å². The van der Waals surface area contributed by atoms with Crippen LogP contribution in [0.2, 0.25) is 18.1 Å². The zero-order valence-corrected chi connectivity index (χ0v) is 22.7. The van der Waals surface area contributed by atoms with Crippen LogP contribution in [0.3, 0.4) is 0 Å². The number of carbonyl (C=O) groups is 3. The molecule has 0 spiro atoms. The molecule has 0 radical (unpaired) electrons. The van der Waals surface area contributed by atoms with Crippen molar-refractivity contribution < 1.29 is 42.5 Å². The molecule has 2 heterocycles. The van der Waals surface area contributed by atoms with E-state index in [1.165, 1.54) is 0 Å². The predicted octanol–water partition coefficient (Wildman–Crippen LogP) is 3.17. The second-order valence-corrected chi connectivity index (χ2v) is 16.3. The highest BCUT2D eigenvalue weighted by molar-refractivity contribution is 6.74. The number of carbonyl (C=O) groups excluding carboxylic acids is 3. The van der Waals surface area contributed by atoms with Crippen molar-refractivity contribution in [3.63, 3.8) is 0 Å². The van der Waals surface area contributed by atoms with E-state index in [-0.39, 0.29) is 17.2 Å². The molecule has 0 N–H and O–H groups in total. The van der Waals surface area contributed by atoms with Crippen LogP contribution in [0.5, 0.6) is 0 Å². The Morgan fingerprint density at radius 1 is 1.21 bits per heavy atom. The standard InChI is InChI=1S/C23H36N2O8Si/c1-21(2,3)20(28)31-18-15(13(26)11-25-24)17(30-19(18)27)16(14-12-29-23(7,8)32-14)33-34(9,10)22(4,5)6/h11,14,16-17H,12H2,1-10H3/t14-,16+,17-/m0/s1. The molecule has 3 atom stereocenters. The summed E-state index contributed by atoms with van der Waals surface area (Å²) in [5.74, 6) is -4.02. The molecule has 0 bridgehead atoms. The fourth-order valence-corrected chi connectivity index (χ4v) is 4.45.